The van der Waals surface area contributed by atoms with Crippen molar-refractivity contribution in [3.05, 3.63) is 28.8 Å². The van der Waals surface area contributed by atoms with Gasteiger partial charge in [-0.25, -0.2) is 0 Å². The van der Waals surface area contributed by atoms with Gasteiger partial charge in [-0.2, -0.15) is 0 Å². The van der Waals surface area contributed by atoms with Crippen molar-refractivity contribution >= 4 is 29.1 Å². The van der Waals surface area contributed by atoms with Gasteiger partial charge in [0.25, 0.3) is 5.91 Å². The minimum absolute atomic E-state index is 0.213. The molecular weight excluding hydrogens is 302 g/mol. The first-order valence-electron chi connectivity index (χ1n) is 7.53. The van der Waals surface area contributed by atoms with Crippen LogP contribution in [0.3, 0.4) is 0 Å². The number of nitrogens with one attached hydrogen (secondary N) is 2. The van der Waals surface area contributed by atoms with Crippen molar-refractivity contribution in [2.24, 2.45) is 11.7 Å². The summed E-state index contributed by atoms with van der Waals surface area (Å²) in [6.07, 6.45) is 2.61. The molecule has 1 aliphatic rings. The summed E-state index contributed by atoms with van der Waals surface area (Å²) in [5.41, 5.74) is 6.74. The minimum Gasteiger partial charge on any atom is -0.349 e. The van der Waals surface area contributed by atoms with E-state index >= 15 is 0 Å². The number of carbonyl (C=O) groups excluding carboxylic acids is 2. The molecular formula is C16H22ClN3O2. The highest BCUT2D eigenvalue weighted by molar-refractivity contribution is 6.34. The van der Waals surface area contributed by atoms with Gasteiger partial charge in [-0.1, -0.05) is 25.4 Å². The van der Waals surface area contributed by atoms with Crippen LogP contribution in [-0.2, 0) is 4.79 Å². The summed E-state index contributed by atoms with van der Waals surface area (Å²) in [5, 5.41) is 5.98. The quantitative estimate of drug-likeness (QED) is 0.752. The molecule has 4 N–H and O–H groups in total. The third-order valence-electron chi connectivity index (χ3n) is 3.45. The smallest absolute Gasteiger partial charge is 0.253 e. The van der Waals surface area contributed by atoms with Crippen LogP contribution in [0.2, 0.25) is 5.02 Å². The van der Waals surface area contributed by atoms with Gasteiger partial charge < -0.3 is 16.4 Å². The van der Waals surface area contributed by atoms with Crippen molar-refractivity contribution in [2.75, 3.05) is 5.32 Å². The van der Waals surface area contributed by atoms with Crippen LogP contribution in [0.15, 0.2) is 18.2 Å². The Kier molecular flexibility index (Phi) is 5.42. The number of hydrogen-bond donors (Lipinski definition) is 3. The van der Waals surface area contributed by atoms with Crippen LogP contribution in [0.5, 0.6) is 0 Å². The average Bonchev–Trinajstić information content (AvgIpc) is 3.23. The summed E-state index contributed by atoms with van der Waals surface area (Å²) >= 11 is 6.06. The predicted molar refractivity (Wildman–Crippen MR) is 88.0 cm³/mol. The van der Waals surface area contributed by atoms with Crippen LogP contribution < -0.4 is 16.4 Å². The number of rotatable bonds is 6. The number of anilines is 1. The first kappa shape index (κ1) is 16.8. The molecule has 0 unspecified atom stereocenters. The Labute approximate surface area is 135 Å². The highest BCUT2D eigenvalue weighted by Gasteiger charge is 2.25. The van der Waals surface area contributed by atoms with E-state index in [9.17, 15) is 9.59 Å². The molecule has 2 amide bonds. The molecule has 120 valence electrons. The lowest BCUT2D eigenvalue weighted by atomic mass is 10.0. The van der Waals surface area contributed by atoms with E-state index in [2.05, 4.69) is 10.6 Å². The summed E-state index contributed by atoms with van der Waals surface area (Å²) < 4.78 is 0. The highest BCUT2D eigenvalue weighted by atomic mass is 35.5. The topological polar surface area (TPSA) is 84.2 Å². The number of hydrogen-bond acceptors (Lipinski definition) is 3. The van der Waals surface area contributed by atoms with Crippen LogP contribution in [0.4, 0.5) is 5.69 Å². The Morgan fingerprint density at radius 1 is 1.36 bits per heavy atom. The molecule has 0 radical (unpaired) electrons. The Balaban J connectivity index is 2.05. The number of carbonyl (C=O) groups is 2. The van der Waals surface area contributed by atoms with Gasteiger partial charge in [0.05, 0.1) is 16.6 Å². The third kappa shape index (κ3) is 4.71. The molecule has 0 bridgehead atoms. The van der Waals surface area contributed by atoms with Crippen LogP contribution in [0.1, 0.15) is 43.5 Å². The zero-order valence-corrected chi connectivity index (χ0v) is 13.6. The second kappa shape index (κ2) is 7.11. The van der Waals surface area contributed by atoms with Gasteiger partial charge in [-0.15, -0.1) is 0 Å². The zero-order valence-electron chi connectivity index (χ0n) is 12.9. The molecule has 0 aromatic heterocycles. The number of benzene rings is 1. The van der Waals surface area contributed by atoms with Gasteiger partial charge in [-0.3, -0.25) is 9.59 Å². The monoisotopic (exact) mass is 323 g/mol. The molecule has 1 aliphatic carbocycles. The van der Waals surface area contributed by atoms with Crippen molar-refractivity contribution in [3.63, 3.8) is 0 Å². The van der Waals surface area contributed by atoms with Gasteiger partial charge in [0.15, 0.2) is 0 Å². The van der Waals surface area contributed by atoms with E-state index in [4.69, 9.17) is 17.3 Å². The molecule has 0 heterocycles. The lowest BCUT2D eigenvalue weighted by molar-refractivity contribution is -0.117. The fourth-order valence-corrected chi connectivity index (χ4v) is 2.32. The SMILES string of the molecule is CC(C)C[C@H](N)C(=O)Nc1ccc(Cl)c(C(=O)NC2CC2)c1. The Hall–Kier alpha value is -1.59. The molecule has 1 atom stereocenters. The molecule has 5 nitrogen and oxygen atoms in total. The van der Waals surface area contributed by atoms with Gasteiger partial charge in [-0.05, 0) is 43.4 Å². The van der Waals surface area contributed by atoms with Crippen LogP contribution in [0.25, 0.3) is 0 Å². The van der Waals surface area contributed by atoms with Crippen molar-refractivity contribution in [3.8, 4) is 0 Å². The summed E-state index contributed by atoms with van der Waals surface area (Å²) in [6, 6.07) is 4.53. The fraction of sp³-hybridized carbons (Fsp3) is 0.500. The third-order valence-corrected chi connectivity index (χ3v) is 3.78. The first-order valence-corrected chi connectivity index (χ1v) is 7.91. The minimum atomic E-state index is -0.570. The Bertz CT molecular complexity index is 571. The van der Waals surface area contributed by atoms with Crippen molar-refractivity contribution in [2.45, 2.75) is 45.2 Å². The standard InChI is InChI=1S/C16H22ClN3O2/c1-9(2)7-14(18)16(22)20-11-5-6-13(17)12(8-11)15(21)19-10-3-4-10/h5-6,8-10,14H,3-4,7,18H2,1-2H3,(H,19,21)(H,20,22)/t14-/m0/s1. The van der Waals surface area contributed by atoms with E-state index in [0.29, 0.717) is 28.6 Å². The van der Waals surface area contributed by atoms with E-state index in [-0.39, 0.29) is 17.9 Å². The predicted octanol–water partition coefficient (Wildman–Crippen LogP) is 2.54. The van der Waals surface area contributed by atoms with Gasteiger partial charge in [0.1, 0.15) is 0 Å². The van der Waals surface area contributed by atoms with Gasteiger partial charge in [0.2, 0.25) is 5.91 Å². The first-order chi connectivity index (χ1) is 10.4. The number of amides is 2. The molecule has 0 spiro atoms. The molecule has 6 heteroatoms. The molecule has 1 aromatic rings. The number of halogens is 1. The van der Waals surface area contributed by atoms with Crippen LogP contribution in [-0.4, -0.2) is 23.9 Å². The molecule has 1 fully saturated rings. The van der Waals surface area contributed by atoms with Gasteiger partial charge >= 0.3 is 0 Å². The van der Waals surface area contributed by atoms with Crippen molar-refractivity contribution in [1.29, 1.82) is 0 Å². The maximum absolute atomic E-state index is 12.1. The van der Waals surface area contributed by atoms with E-state index in [1.54, 1.807) is 18.2 Å². The van der Waals surface area contributed by atoms with Gasteiger partial charge in [0, 0.05) is 11.7 Å². The second-order valence-electron chi connectivity index (χ2n) is 6.17. The maximum atomic E-state index is 12.1. The van der Waals surface area contributed by atoms with Crippen LogP contribution in [0, 0.1) is 5.92 Å². The molecule has 2 rings (SSSR count). The lowest BCUT2D eigenvalue weighted by Gasteiger charge is -2.15. The lowest BCUT2D eigenvalue weighted by Crippen LogP contribution is -2.36. The zero-order chi connectivity index (χ0) is 16.3. The summed E-state index contributed by atoms with van der Waals surface area (Å²) in [7, 11) is 0. The molecule has 0 aliphatic heterocycles. The fourth-order valence-electron chi connectivity index (χ4n) is 2.12. The summed E-state index contributed by atoms with van der Waals surface area (Å²) in [6.45, 7) is 4.02. The van der Waals surface area contributed by atoms with E-state index in [0.717, 1.165) is 12.8 Å². The van der Waals surface area contributed by atoms with Crippen molar-refractivity contribution in [1.82, 2.24) is 5.32 Å². The average molecular weight is 324 g/mol. The highest BCUT2D eigenvalue weighted by Crippen LogP contribution is 2.24. The molecule has 1 aromatic carbocycles. The Morgan fingerprint density at radius 3 is 2.64 bits per heavy atom. The van der Waals surface area contributed by atoms with E-state index < -0.39 is 6.04 Å². The van der Waals surface area contributed by atoms with E-state index in [1.807, 2.05) is 13.8 Å². The maximum Gasteiger partial charge on any atom is 0.253 e. The molecule has 0 saturated heterocycles. The molecule has 22 heavy (non-hydrogen) atoms. The van der Waals surface area contributed by atoms with Crippen LogP contribution >= 0.6 is 11.6 Å². The molecule has 1 saturated carbocycles. The summed E-state index contributed by atoms with van der Waals surface area (Å²) in [5.74, 6) is -0.134. The number of nitrogens with two attached hydrogens (primary N) is 1. The normalized spacial score (nSPS) is 15.5. The Morgan fingerprint density at radius 2 is 2.05 bits per heavy atom. The second-order valence-corrected chi connectivity index (χ2v) is 6.57. The largest absolute Gasteiger partial charge is 0.349 e. The van der Waals surface area contributed by atoms with E-state index in [1.165, 1.54) is 0 Å². The summed E-state index contributed by atoms with van der Waals surface area (Å²) in [4.78, 5) is 24.1. The van der Waals surface area contributed by atoms with Crippen molar-refractivity contribution < 1.29 is 9.59 Å².